The summed E-state index contributed by atoms with van der Waals surface area (Å²) in [4.78, 5) is 17.2. The highest BCUT2D eigenvalue weighted by Crippen LogP contribution is 2.27. The fourth-order valence-electron chi connectivity index (χ4n) is 3.79. The molecule has 0 bridgehead atoms. The van der Waals surface area contributed by atoms with Crippen LogP contribution in [0.1, 0.15) is 43.5 Å². The van der Waals surface area contributed by atoms with Crippen molar-refractivity contribution in [2.45, 2.75) is 46.2 Å². The molecule has 1 unspecified atom stereocenters. The first-order chi connectivity index (χ1) is 16.4. The summed E-state index contributed by atoms with van der Waals surface area (Å²) in [5, 5.41) is 3.41. The standard InChI is InChI=1S/C27H32FN3O3/c1-5-8-24(29-16-21-9-7-10-22(28)13-21)23(27(32)34-6-2)14-20-11-12-25(26(15-20)33-4)31-17-19(3)30-18-31/h7,9-15,17-18,24,29H,5-6,8,16H2,1-4H3. The summed E-state index contributed by atoms with van der Waals surface area (Å²) >= 11 is 0. The Morgan fingerprint density at radius 1 is 1.24 bits per heavy atom. The van der Waals surface area contributed by atoms with E-state index in [0.717, 1.165) is 35.3 Å². The van der Waals surface area contributed by atoms with E-state index < -0.39 is 0 Å². The number of methoxy groups -OCH3 is 1. The van der Waals surface area contributed by atoms with Crippen molar-refractivity contribution >= 4 is 12.0 Å². The second kappa shape index (κ2) is 12.1. The quantitative estimate of drug-likeness (QED) is 0.310. The molecule has 1 heterocycles. The molecule has 0 saturated heterocycles. The molecule has 0 spiro atoms. The summed E-state index contributed by atoms with van der Waals surface area (Å²) in [6.07, 6.45) is 7.08. The zero-order chi connectivity index (χ0) is 24.5. The Balaban J connectivity index is 1.94. The minimum atomic E-state index is -0.374. The largest absolute Gasteiger partial charge is 0.495 e. The van der Waals surface area contributed by atoms with E-state index >= 15 is 0 Å². The Kier molecular flexibility index (Phi) is 8.99. The number of ether oxygens (including phenoxy) is 2. The van der Waals surface area contributed by atoms with Crippen molar-refractivity contribution in [3.63, 3.8) is 0 Å². The lowest BCUT2D eigenvalue weighted by atomic mass is 9.98. The smallest absolute Gasteiger partial charge is 0.335 e. The van der Waals surface area contributed by atoms with E-state index in [1.54, 1.807) is 26.4 Å². The molecule has 1 N–H and O–H groups in total. The zero-order valence-corrected chi connectivity index (χ0v) is 20.2. The number of aryl methyl sites for hydroxylation is 1. The summed E-state index contributed by atoms with van der Waals surface area (Å²) in [7, 11) is 1.61. The highest BCUT2D eigenvalue weighted by Gasteiger charge is 2.22. The second-order valence-electron chi connectivity index (χ2n) is 8.03. The molecule has 2 aromatic carbocycles. The molecule has 0 aliphatic carbocycles. The maximum Gasteiger partial charge on any atom is 0.335 e. The monoisotopic (exact) mass is 465 g/mol. The van der Waals surface area contributed by atoms with Crippen LogP contribution < -0.4 is 10.1 Å². The Morgan fingerprint density at radius 2 is 2.06 bits per heavy atom. The minimum Gasteiger partial charge on any atom is -0.495 e. The van der Waals surface area contributed by atoms with Gasteiger partial charge in [-0.05, 0) is 61.7 Å². The van der Waals surface area contributed by atoms with Gasteiger partial charge in [0.2, 0.25) is 0 Å². The minimum absolute atomic E-state index is 0.255. The number of nitrogens with zero attached hydrogens (tertiary/aromatic N) is 2. The molecule has 0 fully saturated rings. The summed E-state index contributed by atoms with van der Waals surface area (Å²) < 4.78 is 26.5. The van der Waals surface area contributed by atoms with Gasteiger partial charge in [0.05, 0.1) is 37.0 Å². The van der Waals surface area contributed by atoms with Gasteiger partial charge in [-0.3, -0.25) is 0 Å². The Hall–Kier alpha value is -3.45. The number of halogens is 1. The molecule has 34 heavy (non-hydrogen) atoms. The Morgan fingerprint density at radius 3 is 2.71 bits per heavy atom. The molecule has 0 aliphatic rings. The van der Waals surface area contributed by atoms with Crippen molar-refractivity contribution in [1.82, 2.24) is 14.9 Å². The lowest BCUT2D eigenvalue weighted by molar-refractivity contribution is -0.138. The van der Waals surface area contributed by atoms with Crippen LogP contribution in [0.15, 0.2) is 60.6 Å². The number of imidazole rings is 1. The fourth-order valence-corrected chi connectivity index (χ4v) is 3.79. The van der Waals surface area contributed by atoms with Crippen LogP contribution >= 0.6 is 0 Å². The third kappa shape index (κ3) is 6.54. The highest BCUT2D eigenvalue weighted by molar-refractivity contribution is 5.95. The average Bonchev–Trinajstić information content (AvgIpc) is 3.26. The predicted molar refractivity (Wildman–Crippen MR) is 131 cm³/mol. The lowest BCUT2D eigenvalue weighted by Crippen LogP contribution is -2.34. The molecule has 7 heteroatoms. The normalized spacial score (nSPS) is 12.4. The third-order valence-electron chi connectivity index (χ3n) is 5.42. The van der Waals surface area contributed by atoms with Gasteiger partial charge in [0.15, 0.2) is 0 Å². The maximum atomic E-state index is 13.6. The summed E-state index contributed by atoms with van der Waals surface area (Å²) in [5.74, 6) is 0.00265. The zero-order valence-electron chi connectivity index (χ0n) is 20.2. The molecule has 0 amide bonds. The van der Waals surface area contributed by atoms with Gasteiger partial charge in [-0.1, -0.05) is 31.5 Å². The molecule has 180 valence electrons. The number of esters is 1. The lowest BCUT2D eigenvalue weighted by Gasteiger charge is -2.21. The van der Waals surface area contributed by atoms with Crippen molar-refractivity contribution in [2.75, 3.05) is 13.7 Å². The fraction of sp³-hybridized carbons (Fsp3) is 0.333. The van der Waals surface area contributed by atoms with Crippen LogP contribution in [0.2, 0.25) is 0 Å². The van der Waals surface area contributed by atoms with E-state index in [4.69, 9.17) is 9.47 Å². The van der Waals surface area contributed by atoms with Crippen molar-refractivity contribution in [2.24, 2.45) is 0 Å². The van der Waals surface area contributed by atoms with Gasteiger partial charge in [0, 0.05) is 18.8 Å². The van der Waals surface area contributed by atoms with Gasteiger partial charge in [-0.2, -0.15) is 0 Å². The molecular weight excluding hydrogens is 433 g/mol. The number of rotatable bonds is 11. The van der Waals surface area contributed by atoms with Crippen molar-refractivity contribution < 1.29 is 18.7 Å². The van der Waals surface area contributed by atoms with Crippen LogP contribution in [-0.2, 0) is 16.1 Å². The molecular formula is C27H32FN3O3. The van der Waals surface area contributed by atoms with Crippen molar-refractivity contribution in [3.05, 3.63) is 83.2 Å². The summed E-state index contributed by atoms with van der Waals surface area (Å²) in [6, 6.07) is 11.9. The number of hydrogen-bond acceptors (Lipinski definition) is 5. The topological polar surface area (TPSA) is 65.4 Å². The van der Waals surface area contributed by atoms with Gasteiger partial charge in [-0.25, -0.2) is 14.2 Å². The van der Waals surface area contributed by atoms with Crippen LogP contribution in [-0.4, -0.2) is 35.3 Å². The van der Waals surface area contributed by atoms with Crippen LogP contribution in [0.3, 0.4) is 0 Å². The summed E-state index contributed by atoms with van der Waals surface area (Å²) in [6.45, 7) is 6.49. The first-order valence-electron chi connectivity index (χ1n) is 11.5. The van der Waals surface area contributed by atoms with E-state index in [1.807, 2.05) is 48.0 Å². The van der Waals surface area contributed by atoms with Gasteiger partial charge < -0.3 is 19.4 Å². The number of nitrogens with one attached hydrogen (secondary N) is 1. The van der Waals surface area contributed by atoms with E-state index in [9.17, 15) is 9.18 Å². The first-order valence-corrected chi connectivity index (χ1v) is 11.5. The second-order valence-corrected chi connectivity index (χ2v) is 8.03. The van der Waals surface area contributed by atoms with E-state index in [0.29, 0.717) is 17.9 Å². The third-order valence-corrected chi connectivity index (χ3v) is 5.42. The Bertz CT molecular complexity index is 1140. The van der Waals surface area contributed by atoms with Gasteiger partial charge >= 0.3 is 5.97 Å². The highest BCUT2D eigenvalue weighted by atomic mass is 19.1. The SMILES string of the molecule is CCCC(NCc1cccc(F)c1)C(=Cc1ccc(-n2cnc(C)c2)c(OC)c1)C(=O)OCC. The van der Waals surface area contributed by atoms with E-state index in [1.165, 1.54) is 12.1 Å². The molecule has 1 atom stereocenters. The number of hydrogen-bond donors (Lipinski definition) is 1. The number of benzene rings is 2. The number of aromatic nitrogens is 2. The molecule has 0 saturated carbocycles. The predicted octanol–water partition coefficient (Wildman–Crippen LogP) is 5.23. The molecule has 0 radical (unpaired) electrons. The summed E-state index contributed by atoms with van der Waals surface area (Å²) in [5.41, 5.74) is 3.91. The van der Waals surface area contributed by atoms with Crippen molar-refractivity contribution in [3.8, 4) is 11.4 Å². The van der Waals surface area contributed by atoms with E-state index in [2.05, 4.69) is 17.2 Å². The molecule has 1 aromatic heterocycles. The molecule has 0 aliphatic heterocycles. The van der Waals surface area contributed by atoms with Gasteiger partial charge in [0.1, 0.15) is 11.6 Å². The van der Waals surface area contributed by atoms with Crippen LogP contribution in [0.5, 0.6) is 5.75 Å². The van der Waals surface area contributed by atoms with Crippen LogP contribution in [0.25, 0.3) is 11.8 Å². The van der Waals surface area contributed by atoms with E-state index in [-0.39, 0.29) is 24.4 Å². The van der Waals surface area contributed by atoms with Gasteiger partial charge in [-0.15, -0.1) is 0 Å². The molecule has 3 aromatic rings. The average molecular weight is 466 g/mol. The van der Waals surface area contributed by atoms with Crippen LogP contribution in [0.4, 0.5) is 4.39 Å². The Labute approximate surface area is 200 Å². The van der Waals surface area contributed by atoms with Crippen LogP contribution in [0, 0.1) is 12.7 Å². The number of carbonyl (C=O) groups is 1. The van der Waals surface area contributed by atoms with Crippen molar-refractivity contribution in [1.29, 1.82) is 0 Å². The maximum absolute atomic E-state index is 13.6. The van der Waals surface area contributed by atoms with Gasteiger partial charge in [0.25, 0.3) is 0 Å². The number of carbonyl (C=O) groups excluding carboxylic acids is 1. The molecule has 6 nitrogen and oxygen atoms in total. The first kappa shape index (κ1) is 25.2. The molecule has 3 rings (SSSR count).